The van der Waals surface area contributed by atoms with Crippen molar-refractivity contribution >= 4 is 23.5 Å². The summed E-state index contributed by atoms with van der Waals surface area (Å²) in [6, 6.07) is 0. The Morgan fingerprint density at radius 1 is 1.60 bits per heavy atom. The average molecular weight is 228 g/mol. The van der Waals surface area contributed by atoms with Gasteiger partial charge < -0.3 is 9.47 Å². The van der Waals surface area contributed by atoms with Crippen molar-refractivity contribution in [2.24, 2.45) is 0 Å². The van der Waals surface area contributed by atoms with E-state index in [1.54, 1.807) is 18.4 Å². The quantitative estimate of drug-likeness (QED) is 0.510. The molecule has 0 N–H and O–H groups in total. The topological polar surface area (TPSA) is 52.6 Å². The predicted octanol–water partition coefficient (Wildman–Crippen LogP) is 0.558. The molecule has 2 heterocycles. The highest BCUT2D eigenvalue weighted by Gasteiger charge is 2.54. The van der Waals surface area contributed by atoms with E-state index in [9.17, 15) is 9.59 Å². The van der Waals surface area contributed by atoms with Crippen LogP contribution in [-0.4, -0.2) is 42.1 Å². The maximum atomic E-state index is 11.8. The number of ether oxygens (including phenoxy) is 2. The molecule has 4 nitrogen and oxygen atoms in total. The van der Waals surface area contributed by atoms with Crippen LogP contribution in [0.2, 0.25) is 0 Å². The lowest BCUT2D eigenvalue weighted by Crippen LogP contribution is -2.51. The maximum absolute atomic E-state index is 11.8. The highest BCUT2D eigenvalue weighted by atomic mass is 32.2. The molecule has 5 heteroatoms. The third kappa shape index (κ3) is 1.41. The first-order valence-corrected chi connectivity index (χ1v) is 5.94. The predicted molar refractivity (Wildman–Crippen MR) is 55.7 cm³/mol. The minimum Gasteiger partial charge on any atom is -0.455 e. The molecule has 2 aliphatic heterocycles. The Labute approximate surface area is 92.0 Å². The average Bonchev–Trinajstić information content (AvgIpc) is 2.40. The fourth-order valence-electron chi connectivity index (χ4n) is 2.00. The van der Waals surface area contributed by atoms with Gasteiger partial charge in [-0.3, -0.25) is 4.79 Å². The molecule has 15 heavy (non-hydrogen) atoms. The van der Waals surface area contributed by atoms with Gasteiger partial charge in [0, 0.05) is 13.5 Å². The number of ketones is 1. The van der Waals surface area contributed by atoms with E-state index < -0.39 is 22.9 Å². The van der Waals surface area contributed by atoms with E-state index in [4.69, 9.17) is 9.47 Å². The second kappa shape index (κ2) is 3.64. The van der Waals surface area contributed by atoms with E-state index in [0.29, 0.717) is 0 Å². The van der Waals surface area contributed by atoms with Crippen molar-refractivity contribution in [2.75, 3.05) is 13.4 Å². The summed E-state index contributed by atoms with van der Waals surface area (Å²) >= 11 is 1.33. The fourth-order valence-corrected chi connectivity index (χ4v) is 2.98. The van der Waals surface area contributed by atoms with Gasteiger partial charge in [-0.1, -0.05) is 0 Å². The Kier molecular flexibility index (Phi) is 2.60. The van der Waals surface area contributed by atoms with E-state index in [0.717, 1.165) is 0 Å². The summed E-state index contributed by atoms with van der Waals surface area (Å²) in [5, 5.41) is -0.501. The fraction of sp³-hybridized carbons (Fsp3) is 0.600. The van der Waals surface area contributed by atoms with Crippen molar-refractivity contribution in [3.05, 3.63) is 12.2 Å². The zero-order valence-electron chi connectivity index (χ0n) is 8.56. The Bertz CT molecular complexity index is 336. The van der Waals surface area contributed by atoms with Crippen LogP contribution in [0.1, 0.15) is 6.42 Å². The van der Waals surface area contributed by atoms with Crippen molar-refractivity contribution in [3.63, 3.8) is 0 Å². The van der Waals surface area contributed by atoms with Gasteiger partial charge in [0.1, 0.15) is 11.4 Å². The minimum atomic E-state index is -1.22. The van der Waals surface area contributed by atoms with Crippen molar-refractivity contribution in [1.82, 2.24) is 0 Å². The molecule has 1 aliphatic carbocycles. The molecule has 0 radical (unpaired) electrons. The van der Waals surface area contributed by atoms with Crippen LogP contribution in [-0.2, 0) is 19.1 Å². The highest BCUT2D eigenvalue weighted by molar-refractivity contribution is 8.00. The van der Waals surface area contributed by atoms with Crippen LogP contribution in [0.5, 0.6) is 0 Å². The van der Waals surface area contributed by atoms with Gasteiger partial charge in [-0.15, -0.1) is 0 Å². The summed E-state index contributed by atoms with van der Waals surface area (Å²) in [6.07, 6.45) is 5.03. The van der Waals surface area contributed by atoms with Crippen molar-refractivity contribution in [2.45, 2.75) is 23.4 Å². The lowest BCUT2D eigenvalue weighted by molar-refractivity contribution is -0.166. The number of carbonyl (C=O) groups excluding carboxylic acids is 2. The van der Waals surface area contributed by atoms with Crippen LogP contribution in [0.4, 0.5) is 0 Å². The number of hydrogen-bond donors (Lipinski definition) is 0. The molecule has 2 bridgehead atoms. The van der Waals surface area contributed by atoms with E-state index in [-0.39, 0.29) is 12.2 Å². The molecule has 0 saturated carbocycles. The molecule has 0 aromatic heterocycles. The van der Waals surface area contributed by atoms with Crippen LogP contribution < -0.4 is 0 Å². The summed E-state index contributed by atoms with van der Waals surface area (Å²) < 4.78 is 10.4. The molecule has 0 unspecified atom stereocenters. The Hall–Kier alpha value is -0.810. The number of rotatable bonds is 2. The third-order valence-corrected chi connectivity index (χ3v) is 3.88. The molecule has 3 rings (SSSR count). The van der Waals surface area contributed by atoms with Crippen LogP contribution in [0, 0.1) is 0 Å². The van der Waals surface area contributed by atoms with Gasteiger partial charge in [0.15, 0.2) is 5.78 Å². The molecule has 82 valence electrons. The van der Waals surface area contributed by atoms with Gasteiger partial charge in [-0.25, -0.2) is 4.79 Å². The maximum Gasteiger partial charge on any atom is 0.344 e. The molecule has 0 aromatic carbocycles. The van der Waals surface area contributed by atoms with E-state index in [1.807, 2.05) is 0 Å². The molecule has 0 aromatic rings. The van der Waals surface area contributed by atoms with Gasteiger partial charge in [-0.05, 0) is 18.4 Å². The largest absolute Gasteiger partial charge is 0.455 e. The monoisotopic (exact) mass is 228 g/mol. The lowest BCUT2D eigenvalue weighted by atomic mass is 9.96. The molecular weight excluding hydrogens is 216 g/mol. The van der Waals surface area contributed by atoms with Crippen molar-refractivity contribution in [1.29, 1.82) is 0 Å². The lowest BCUT2D eigenvalue weighted by Gasteiger charge is -2.32. The summed E-state index contributed by atoms with van der Waals surface area (Å²) in [6.45, 7) is 0. The number of hydrogen-bond acceptors (Lipinski definition) is 5. The number of thioether (sulfide) groups is 1. The normalized spacial score (nSPS) is 39.1. The van der Waals surface area contributed by atoms with Crippen molar-refractivity contribution < 1.29 is 19.1 Å². The van der Waals surface area contributed by atoms with Crippen LogP contribution >= 0.6 is 11.8 Å². The first-order valence-electron chi connectivity index (χ1n) is 4.65. The first-order chi connectivity index (χ1) is 7.14. The van der Waals surface area contributed by atoms with Crippen molar-refractivity contribution in [3.8, 4) is 0 Å². The van der Waals surface area contributed by atoms with Gasteiger partial charge in [-0.2, -0.15) is 11.8 Å². The summed E-state index contributed by atoms with van der Waals surface area (Å²) in [4.78, 5) is 23.6. The van der Waals surface area contributed by atoms with Crippen LogP contribution in [0.3, 0.4) is 0 Å². The molecule has 3 aliphatic rings. The number of fused-ring (bicyclic) bond motifs is 3. The summed E-state index contributed by atoms with van der Waals surface area (Å²) in [7, 11) is 1.42. The molecular formula is C10H12O4S. The van der Waals surface area contributed by atoms with Gasteiger partial charge in [0.2, 0.25) is 5.60 Å². The smallest absolute Gasteiger partial charge is 0.344 e. The molecule has 0 amide bonds. The highest BCUT2D eigenvalue weighted by Crippen LogP contribution is 2.37. The number of esters is 1. The summed E-state index contributed by atoms with van der Waals surface area (Å²) in [5.41, 5.74) is -1.22. The molecule has 0 spiro atoms. The number of methoxy groups -OCH3 is 1. The SMILES string of the molecule is CO[C@@]12C=C[C@@H](CC(=O)[C@@H]1SC)OC2=O. The van der Waals surface area contributed by atoms with Crippen LogP contribution in [0.25, 0.3) is 0 Å². The Morgan fingerprint density at radius 3 is 2.87 bits per heavy atom. The third-order valence-electron chi connectivity index (χ3n) is 2.79. The van der Waals surface area contributed by atoms with Crippen LogP contribution in [0.15, 0.2) is 12.2 Å². The molecule has 1 fully saturated rings. The first kappa shape index (κ1) is 10.7. The molecule has 1 saturated heterocycles. The second-order valence-electron chi connectivity index (χ2n) is 3.59. The van der Waals surface area contributed by atoms with Gasteiger partial charge in [0.25, 0.3) is 0 Å². The number of carbonyl (C=O) groups is 2. The second-order valence-corrected chi connectivity index (χ2v) is 4.53. The number of Topliss-reactive ketones (excluding diaryl/α,β-unsaturated/α-hetero) is 1. The minimum absolute atomic E-state index is 0.00481. The zero-order valence-corrected chi connectivity index (χ0v) is 9.37. The standard InChI is InChI=1S/C10H12O4S/c1-13-10-4-3-6(14-9(10)12)5-7(11)8(10)15-2/h3-4,6,8H,5H2,1-2H3/t6-,8-,10-/m0/s1. The van der Waals surface area contributed by atoms with E-state index in [2.05, 4.69) is 0 Å². The van der Waals surface area contributed by atoms with E-state index in [1.165, 1.54) is 18.9 Å². The van der Waals surface area contributed by atoms with Gasteiger partial charge in [0.05, 0.1) is 0 Å². The zero-order chi connectivity index (χ0) is 11.1. The molecule has 3 atom stereocenters. The Balaban J connectivity index is 2.50. The van der Waals surface area contributed by atoms with E-state index >= 15 is 0 Å². The summed E-state index contributed by atoms with van der Waals surface area (Å²) in [5.74, 6) is -0.451. The van der Waals surface area contributed by atoms with Gasteiger partial charge >= 0.3 is 5.97 Å². The Morgan fingerprint density at radius 2 is 2.33 bits per heavy atom.